The molecule has 283 valence electrons. The molecule has 0 radical (unpaired) electrons. The van der Waals surface area contributed by atoms with Crippen LogP contribution in [0.25, 0.3) is 45.6 Å². The Bertz CT molecular complexity index is 2490. The first kappa shape index (κ1) is 36.8. The van der Waals surface area contributed by atoms with E-state index in [1.807, 2.05) is 50.2 Å². The molecule has 4 aliphatic rings. The van der Waals surface area contributed by atoms with Crippen molar-refractivity contribution in [1.82, 2.24) is 0 Å². The molecule has 0 bridgehead atoms. The van der Waals surface area contributed by atoms with Gasteiger partial charge in [-0.15, -0.1) is 0 Å². The van der Waals surface area contributed by atoms with Crippen molar-refractivity contribution in [3.63, 3.8) is 0 Å². The van der Waals surface area contributed by atoms with Crippen LogP contribution in [0.2, 0.25) is 13.1 Å². The van der Waals surface area contributed by atoms with Gasteiger partial charge in [0.1, 0.15) is 0 Å². The number of rotatable bonds is 7. The first-order valence-electron chi connectivity index (χ1n) is 19.9. The molecule has 0 fully saturated rings. The van der Waals surface area contributed by atoms with Crippen molar-refractivity contribution < 1.29 is 33.2 Å². The summed E-state index contributed by atoms with van der Waals surface area (Å²) < 4.78 is 41.4. The molecule has 4 aromatic carbocycles. The predicted octanol–water partition coefficient (Wildman–Crippen LogP) is 14.0. The molecule has 56 heavy (non-hydrogen) atoms. The minimum atomic E-state index is -5.47. The number of fused-ring (bicyclic) bond motifs is 4. The third-order valence-corrected chi connectivity index (χ3v) is 64.9. The van der Waals surface area contributed by atoms with E-state index in [2.05, 4.69) is 49.5 Å². The van der Waals surface area contributed by atoms with Gasteiger partial charge in [0.2, 0.25) is 0 Å². The van der Waals surface area contributed by atoms with Gasteiger partial charge in [0.25, 0.3) is 0 Å². The molecule has 0 spiro atoms. The molecule has 2 aromatic heterocycles. The molecule has 2 heterocycles. The summed E-state index contributed by atoms with van der Waals surface area (Å²) in [6.07, 6.45) is 10.7. The van der Waals surface area contributed by atoms with Crippen molar-refractivity contribution in [3.8, 4) is 22.3 Å². The van der Waals surface area contributed by atoms with E-state index in [1.165, 1.54) is 33.4 Å². The van der Waals surface area contributed by atoms with Crippen LogP contribution in [-0.4, -0.2) is 5.92 Å². The first-order valence-corrected chi connectivity index (χ1v) is 36.2. The first-order chi connectivity index (χ1) is 26.9. The fourth-order valence-corrected chi connectivity index (χ4v) is 40.6. The number of hydrogen-bond donors (Lipinski definition) is 0. The standard InChI is InChI=1S/2C23H18FO.C2H7Si.2ClH.Zr/c2*1-14-5-10-22(25-14)18-12-17-11-16-3-2-4-20(16)23(21(17)13-18)15-6-8-19(24)9-7-15;1-3-2;;;/h2*5-13H,2-4H2,1H3;3H,1-2H3;2*1H;/q;;;;;+2/p-2. The summed E-state index contributed by atoms with van der Waals surface area (Å²) in [5, 5.41) is 0. The van der Waals surface area contributed by atoms with Crippen LogP contribution >= 0.6 is 17.0 Å². The van der Waals surface area contributed by atoms with E-state index in [4.69, 9.17) is 25.9 Å². The quantitative estimate of drug-likeness (QED) is 0.149. The Morgan fingerprint density at radius 2 is 1.00 bits per heavy atom. The Kier molecular flexibility index (Phi) is 8.70. The zero-order valence-corrected chi connectivity index (χ0v) is 37.2. The molecular formula is C48H43Cl2F2O2SiZr. The number of hydrogen-bond acceptors (Lipinski definition) is 2. The molecule has 0 N–H and O–H groups in total. The topological polar surface area (TPSA) is 26.3 Å². The SMILES string of the molecule is Cc1ccc(C2=Cc3c(cc4c(c3-c3ccc(F)cc3)CCC4)[CH]2[Zr]([Cl])([Cl])([CH]2C(c3ccc(C)o3)=Cc3c2cc2c(c3-c3ccc(F)cc3)CCC2)[SiH](C)C)o1. The van der Waals surface area contributed by atoms with E-state index >= 15 is 0 Å². The van der Waals surface area contributed by atoms with Crippen LogP contribution < -0.4 is 0 Å². The van der Waals surface area contributed by atoms with Crippen LogP contribution in [0.1, 0.15) is 87.6 Å². The fraction of sp³-hybridized carbons (Fsp3) is 0.250. The van der Waals surface area contributed by atoms with Crippen molar-refractivity contribution in [2.24, 2.45) is 0 Å². The van der Waals surface area contributed by atoms with E-state index in [1.54, 1.807) is 24.3 Å². The molecule has 0 aliphatic heterocycles. The van der Waals surface area contributed by atoms with Gasteiger partial charge in [0, 0.05) is 0 Å². The molecule has 0 saturated heterocycles. The number of aryl methyl sites for hydroxylation is 4. The van der Waals surface area contributed by atoms with Crippen molar-refractivity contribution >= 4 is 46.2 Å². The molecule has 6 aromatic rings. The van der Waals surface area contributed by atoms with Crippen molar-refractivity contribution in [1.29, 1.82) is 0 Å². The summed E-state index contributed by atoms with van der Waals surface area (Å²) in [4.78, 5) is 0. The second kappa shape index (κ2) is 13.2. The third kappa shape index (κ3) is 5.45. The maximum atomic E-state index is 14.4. The minimum absolute atomic E-state index is 0.251. The second-order valence-corrected chi connectivity index (χ2v) is 59.3. The van der Waals surface area contributed by atoms with Gasteiger partial charge in [-0.25, -0.2) is 0 Å². The maximum absolute atomic E-state index is 14.4. The van der Waals surface area contributed by atoms with E-state index in [-0.39, 0.29) is 18.9 Å². The zero-order valence-electron chi connectivity index (χ0n) is 32.0. The number of benzene rings is 4. The average molecular weight is 880 g/mol. The van der Waals surface area contributed by atoms with E-state index in [0.29, 0.717) is 0 Å². The van der Waals surface area contributed by atoms with Crippen LogP contribution in [0.5, 0.6) is 0 Å². The molecule has 8 heteroatoms. The summed E-state index contributed by atoms with van der Waals surface area (Å²) in [6, 6.07) is 26.9. The van der Waals surface area contributed by atoms with Gasteiger partial charge >= 0.3 is 339 Å². The molecule has 0 saturated carbocycles. The molecular weight excluding hydrogens is 837 g/mol. The second-order valence-electron chi connectivity index (χ2n) is 16.8. The number of allylic oxidation sites excluding steroid dienone is 2. The van der Waals surface area contributed by atoms with Gasteiger partial charge in [0.15, 0.2) is 0 Å². The summed E-state index contributed by atoms with van der Waals surface area (Å²) >= 11 is -5.47. The Morgan fingerprint density at radius 1 is 0.589 bits per heavy atom. The molecule has 2 unspecified atom stereocenters. The van der Waals surface area contributed by atoms with Gasteiger partial charge in [-0.3, -0.25) is 0 Å². The Balaban J connectivity index is 1.29. The number of furan rings is 2. The van der Waals surface area contributed by atoms with E-state index < -0.39 is 21.5 Å². The summed E-state index contributed by atoms with van der Waals surface area (Å²) in [6.45, 7) is 8.68. The van der Waals surface area contributed by atoms with Crippen LogP contribution in [0.3, 0.4) is 0 Å². The summed E-state index contributed by atoms with van der Waals surface area (Å²) in [7, 11) is 18.0. The van der Waals surface area contributed by atoms with Crippen LogP contribution in [0.15, 0.2) is 93.8 Å². The van der Waals surface area contributed by atoms with Crippen LogP contribution in [0, 0.1) is 25.5 Å². The zero-order chi connectivity index (χ0) is 38.7. The summed E-state index contributed by atoms with van der Waals surface area (Å²) in [5.41, 5.74) is 16.3. The molecule has 10 rings (SSSR count). The Hall–Kier alpha value is -3.54. The predicted molar refractivity (Wildman–Crippen MR) is 226 cm³/mol. The molecule has 4 aliphatic carbocycles. The van der Waals surface area contributed by atoms with Gasteiger partial charge < -0.3 is 0 Å². The van der Waals surface area contributed by atoms with Gasteiger partial charge in [-0.2, -0.15) is 0 Å². The van der Waals surface area contributed by atoms with Crippen LogP contribution in [0.4, 0.5) is 8.78 Å². The normalized spacial score (nSPS) is 19.1. The van der Waals surface area contributed by atoms with Crippen molar-refractivity contribution in [2.75, 3.05) is 0 Å². The monoisotopic (exact) mass is 877 g/mol. The Morgan fingerprint density at radius 3 is 1.36 bits per heavy atom. The molecule has 2 atom stereocenters. The van der Waals surface area contributed by atoms with E-state index in [0.717, 1.165) is 106 Å². The fourth-order valence-electron chi connectivity index (χ4n) is 10.7. The van der Waals surface area contributed by atoms with Crippen molar-refractivity contribution in [2.45, 2.75) is 72.7 Å². The van der Waals surface area contributed by atoms with E-state index in [9.17, 15) is 8.78 Å². The van der Waals surface area contributed by atoms with Gasteiger partial charge in [0.05, 0.1) is 0 Å². The van der Waals surface area contributed by atoms with Gasteiger partial charge in [-0.1, -0.05) is 0 Å². The average Bonchev–Trinajstić information content (AvgIpc) is 4.03. The number of halogens is 4. The summed E-state index contributed by atoms with van der Waals surface area (Å²) in [5.74, 6) is 0.736. The third-order valence-electron chi connectivity index (χ3n) is 13.3. The molecule has 0 amide bonds. The van der Waals surface area contributed by atoms with Crippen molar-refractivity contribution in [3.05, 3.63) is 164 Å². The van der Waals surface area contributed by atoms with Gasteiger partial charge in [-0.05, 0) is 0 Å². The Labute approximate surface area is 336 Å². The van der Waals surface area contributed by atoms with Crippen LogP contribution in [-0.2, 0) is 41.2 Å². The molecule has 2 nitrogen and oxygen atoms in total.